The molecular formula is C29H31N3O6. The second-order valence-corrected chi connectivity index (χ2v) is 9.35. The highest BCUT2D eigenvalue weighted by molar-refractivity contribution is 6.15. The molecule has 1 aliphatic carbocycles. The molecule has 1 saturated carbocycles. The summed E-state index contributed by atoms with van der Waals surface area (Å²) in [5, 5.41) is 13.2. The molecule has 9 heteroatoms. The molecule has 0 spiro atoms. The monoisotopic (exact) mass is 517 g/mol. The lowest BCUT2D eigenvalue weighted by Crippen LogP contribution is -2.34. The fourth-order valence-electron chi connectivity index (χ4n) is 5.25. The van der Waals surface area contributed by atoms with Crippen LogP contribution in [0.1, 0.15) is 52.2 Å². The van der Waals surface area contributed by atoms with Crippen molar-refractivity contribution >= 4 is 17.3 Å². The maximum Gasteiger partial charge on any atom is 0.255 e. The lowest BCUT2D eigenvalue weighted by Gasteiger charge is -2.37. The van der Waals surface area contributed by atoms with Gasteiger partial charge in [0, 0.05) is 28.7 Å². The standard InChI is InChI=1S/C29H31N3O6/c1-35-24-14-19-20-13-18(33)9-10-22(20)30-27(21(19)15-25(24)36-2)16-5-7-17(8-6-16)28(34)31-23-11-12-26(37-3)32-29(23)38-4/h5-8,11-12,14-15,18,20,22,33H,9-10,13H2,1-4H3,(H,31,34). The number of aromatic nitrogens is 1. The smallest absolute Gasteiger partial charge is 0.255 e. The number of amides is 1. The Bertz CT molecular complexity index is 1370. The number of hydrogen-bond acceptors (Lipinski definition) is 8. The SMILES string of the molecule is COc1ccc(NC(=O)c2ccc(C3=NC4CCC(O)CC4c4cc(OC)c(OC)cc43)cc2)c(OC)n1. The number of aliphatic imine (C=N–C) groups is 1. The van der Waals surface area contributed by atoms with Crippen molar-refractivity contribution in [2.24, 2.45) is 4.99 Å². The number of aliphatic hydroxyl groups excluding tert-OH is 1. The Balaban J connectivity index is 1.46. The second kappa shape index (κ2) is 10.7. The van der Waals surface area contributed by atoms with Gasteiger partial charge in [0.25, 0.3) is 5.91 Å². The van der Waals surface area contributed by atoms with Crippen molar-refractivity contribution in [1.82, 2.24) is 4.98 Å². The Morgan fingerprint density at radius 3 is 2.34 bits per heavy atom. The number of pyridine rings is 1. The number of rotatable bonds is 7. The normalized spacial score (nSPS) is 19.9. The van der Waals surface area contributed by atoms with E-state index in [0.717, 1.165) is 35.2 Å². The van der Waals surface area contributed by atoms with E-state index < -0.39 is 0 Å². The summed E-state index contributed by atoms with van der Waals surface area (Å²) in [7, 11) is 6.23. The van der Waals surface area contributed by atoms with Gasteiger partial charge in [-0.1, -0.05) is 12.1 Å². The molecule has 1 aromatic heterocycles. The minimum atomic E-state index is -0.341. The van der Waals surface area contributed by atoms with Gasteiger partial charge in [-0.15, -0.1) is 0 Å². The van der Waals surface area contributed by atoms with Crippen LogP contribution in [0.2, 0.25) is 0 Å². The number of anilines is 1. The first kappa shape index (κ1) is 25.5. The summed E-state index contributed by atoms with van der Waals surface area (Å²) in [6.07, 6.45) is 1.85. The predicted octanol–water partition coefficient (Wildman–Crippen LogP) is 4.22. The Morgan fingerprint density at radius 2 is 1.66 bits per heavy atom. The van der Waals surface area contributed by atoms with E-state index in [1.54, 1.807) is 38.5 Å². The van der Waals surface area contributed by atoms with Gasteiger partial charge in [-0.05, 0) is 55.2 Å². The molecule has 5 rings (SSSR count). The fraction of sp³-hybridized carbons (Fsp3) is 0.345. The Hall–Kier alpha value is -4.11. The number of hydrogen-bond donors (Lipinski definition) is 2. The molecule has 9 nitrogen and oxygen atoms in total. The lowest BCUT2D eigenvalue weighted by atomic mass is 9.74. The van der Waals surface area contributed by atoms with Crippen LogP contribution in [0.5, 0.6) is 23.3 Å². The van der Waals surface area contributed by atoms with Crippen molar-refractivity contribution in [1.29, 1.82) is 0 Å². The van der Waals surface area contributed by atoms with Gasteiger partial charge in [0.1, 0.15) is 5.69 Å². The number of ether oxygens (including phenoxy) is 4. The molecule has 3 unspecified atom stereocenters. The summed E-state index contributed by atoms with van der Waals surface area (Å²) >= 11 is 0. The first-order valence-corrected chi connectivity index (χ1v) is 12.5. The molecule has 1 aliphatic heterocycles. The molecule has 1 fully saturated rings. The van der Waals surface area contributed by atoms with Crippen molar-refractivity contribution in [2.75, 3.05) is 33.8 Å². The van der Waals surface area contributed by atoms with Gasteiger partial charge in [0.2, 0.25) is 11.8 Å². The quantitative estimate of drug-likeness (QED) is 0.483. The maximum atomic E-state index is 13.0. The zero-order valence-electron chi connectivity index (χ0n) is 21.9. The molecular weight excluding hydrogens is 486 g/mol. The largest absolute Gasteiger partial charge is 0.493 e. The number of nitrogens with one attached hydrogen (secondary N) is 1. The summed E-state index contributed by atoms with van der Waals surface area (Å²) in [4.78, 5) is 22.3. The van der Waals surface area contributed by atoms with E-state index in [0.29, 0.717) is 35.1 Å². The summed E-state index contributed by atoms with van der Waals surface area (Å²) in [6, 6.07) is 14.7. The Kier molecular flexibility index (Phi) is 7.20. The highest BCUT2D eigenvalue weighted by Crippen LogP contribution is 2.45. The molecule has 0 saturated heterocycles. The molecule has 0 radical (unpaired) electrons. The molecule has 2 aliphatic rings. The summed E-state index contributed by atoms with van der Waals surface area (Å²) < 4.78 is 21.6. The molecule has 3 atom stereocenters. The van der Waals surface area contributed by atoms with E-state index in [2.05, 4.69) is 10.3 Å². The molecule has 38 heavy (non-hydrogen) atoms. The minimum Gasteiger partial charge on any atom is -0.493 e. The number of carbonyl (C=O) groups is 1. The van der Waals surface area contributed by atoms with Gasteiger partial charge in [0.15, 0.2) is 11.5 Å². The maximum absolute atomic E-state index is 13.0. The van der Waals surface area contributed by atoms with Crippen molar-refractivity contribution in [3.8, 4) is 23.3 Å². The third-order valence-electron chi connectivity index (χ3n) is 7.20. The van der Waals surface area contributed by atoms with Crippen molar-refractivity contribution in [3.05, 3.63) is 70.8 Å². The lowest BCUT2D eigenvalue weighted by molar-refractivity contribution is 0.102. The average Bonchev–Trinajstić information content (AvgIpc) is 2.96. The van der Waals surface area contributed by atoms with E-state index in [4.69, 9.17) is 23.9 Å². The Morgan fingerprint density at radius 1 is 0.921 bits per heavy atom. The van der Waals surface area contributed by atoms with Crippen LogP contribution in [-0.4, -0.2) is 62.3 Å². The number of carbonyl (C=O) groups excluding carboxylic acids is 1. The first-order valence-electron chi connectivity index (χ1n) is 12.5. The number of nitrogens with zero attached hydrogens (tertiary/aromatic N) is 2. The van der Waals surface area contributed by atoms with Crippen LogP contribution in [0.25, 0.3) is 0 Å². The molecule has 2 heterocycles. The summed E-state index contributed by atoms with van der Waals surface area (Å²) in [5.41, 5.74) is 4.70. The molecule has 0 bridgehead atoms. The van der Waals surface area contributed by atoms with Crippen LogP contribution in [-0.2, 0) is 0 Å². The van der Waals surface area contributed by atoms with Crippen molar-refractivity contribution < 1.29 is 28.8 Å². The van der Waals surface area contributed by atoms with Crippen molar-refractivity contribution in [2.45, 2.75) is 37.3 Å². The molecule has 198 valence electrons. The van der Waals surface area contributed by atoms with Gasteiger partial charge in [-0.3, -0.25) is 9.79 Å². The first-order chi connectivity index (χ1) is 18.4. The topological polar surface area (TPSA) is 112 Å². The molecule has 3 aromatic rings. The van der Waals surface area contributed by atoms with Crippen LogP contribution in [0.15, 0.2) is 53.5 Å². The number of fused-ring (bicyclic) bond motifs is 3. The second-order valence-electron chi connectivity index (χ2n) is 9.35. The highest BCUT2D eigenvalue weighted by Gasteiger charge is 2.37. The van der Waals surface area contributed by atoms with Crippen LogP contribution in [0.4, 0.5) is 5.69 Å². The van der Waals surface area contributed by atoms with Gasteiger partial charge >= 0.3 is 0 Å². The van der Waals surface area contributed by atoms with Crippen LogP contribution < -0.4 is 24.3 Å². The van der Waals surface area contributed by atoms with Gasteiger partial charge < -0.3 is 29.4 Å². The number of aliphatic hydroxyl groups is 1. The van der Waals surface area contributed by atoms with E-state index in [1.165, 1.54) is 14.2 Å². The van der Waals surface area contributed by atoms with Gasteiger partial charge in [0.05, 0.1) is 46.3 Å². The van der Waals surface area contributed by atoms with E-state index in [-0.39, 0.29) is 29.9 Å². The predicted molar refractivity (Wildman–Crippen MR) is 143 cm³/mol. The molecule has 2 N–H and O–H groups in total. The van der Waals surface area contributed by atoms with E-state index in [1.807, 2.05) is 24.3 Å². The summed E-state index contributed by atoms with van der Waals surface area (Å²) in [5.74, 6) is 1.74. The third kappa shape index (κ3) is 4.77. The van der Waals surface area contributed by atoms with Crippen LogP contribution >= 0.6 is 0 Å². The molecule has 1 amide bonds. The minimum absolute atomic E-state index is 0.0667. The summed E-state index contributed by atoms with van der Waals surface area (Å²) in [6.45, 7) is 0. The fourth-order valence-corrected chi connectivity index (χ4v) is 5.25. The third-order valence-corrected chi connectivity index (χ3v) is 7.20. The number of benzene rings is 2. The van der Waals surface area contributed by atoms with Gasteiger partial charge in [-0.2, -0.15) is 4.98 Å². The average molecular weight is 518 g/mol. The van der Waals surface area contributed by atoms with Crippen LogP contribution in [0.3, 0.4) is 0 Å². The van der Waals surface area contributed by atoms with E-state index >= 15 is 0 Å². The highest BCUT2D eigenvalue weighted by atomic mass is 16.5. The van der Waals surface area contributed by atoms with E-state index in [9.17, 15) is 9.90 Å². The Labute approximate surface area is 221 Å². The zero-order valence-corrected chi connectivity index (χ0v) is 21.9. The van der Waals surface area contributed by atoms with Crippen LogP contribution in [0, 0.1) is 0 Å². The zero-order chi connectivity index (χ0) is 26.8. The van der Waals surface area contributed by atoms with Gasteiger partial charge in [-0.25, -0.2) is 0 Å². The number of methoxy groups -OCH3 is 4. The van der Waals surface area contributed by atoms with Crippen molar-refractivity contribution in [3.63, 3.8) is 0 Å². The molecule has 2 aromatic carbocycles.